The molecule has 92 heavy (non-hydrogen) atoms. The second-order valence-corrected chi connectivity index (χ2v) is 25.6. The summed E-state index contributed by atoms with van der Waals surface area (Å²) < 4.78 is 2.56. The summed E-state index contributed by atoms with van der Waals surface area (Å²) in [5.41, 5.74) is 29.0. The maximum atomic E-state index is 4.04. The highest BCUT2D eigenvalue weighted by atomic mass is 15.1. The zero-order valence-corrected chi connectivity index (χ0v) is 53.1. The largest absolute Gasteiger partial charge is 0.310 e. The third kappa shape index (κ3) is 10.0. The van der Waals surface area contributed by atoms with Crippen molar-refractivity contribution in [1.82, 2.24) is 4.57 Å². The van der Waals surface area contributed by atoms with E-state index in [1.54, 1.807) is 0 Å². The molecular weight excluding hydrogens is 1110 g/mol. The Morgan fingerprint density at radius 1 is 0.337 bits per heavy atom. The lowest BCUT2D eigenvalue weighted by molar-refractivity contribution is 0.401. The summed E-state index contributed by atoms with van der Waals surface area (Å²) in [4.78, 5) is 2.56. The molecule has 0 radical (unpaired) electrons. The molecule has 15 rings (SSSR count). The lowest BCUT2D eigenvalue weighted by atomic mass is 9.67. The van der Waals surface area contributed by atoms with Gasteiger partial charge in [0.25, 0.3) is 0 Å². The van der Waals surface area contributed by atoms with Crippen LogP contribution in [-0.2, 0) is 10.8 Å². The van der Waals surface area contributed by atoms with Gasteiger partial charge in [-0.25, -0.2) is 0 Å². The van der Waals surface area contributed by atoms with E-state index in [-0.39, 0.29) is 5.41 Å². The topological polar surface area (TPSA) is 8.17 Å². The Balaban J connectivity index is 0.929. The van der Waals surface area contributed by atoms with Crippen LogP contribution in [0.5, 0.6) is 0 Å². The van der Waals surface area contributed by atoms with Crippen LogP contribution in [0.25, 0.3) is 95.3 Å². The quantitative estimate of drug-likeness (QED) is 0.0651. The molecule has 0 fully saturated rings. The first kappa shape index (κ1) is 58.1. The molecule has 0 spiro atoms. The minimum atomic E-state index is -0.548. The Labute approximate surface area is 544 Å². The average Bonchev–Trinajstić information content (AvgIpc) is 1.54. The number of hydrogen-bond donors (Lipinski definition) is 0. The molecule has 0 aliphatic heterocycles. The van der Waals surface area contributed by atoms with E-state index in [1.165, 1.54) is 161 Å². The van der Waals surface area contributed by atoms with Crippen molar-refractivity contribution in [3.05, 3.63) is 337 Å². The monoisotopic (exact) mass is 1190 g/mol. The third-order valence-corrected chi connectivity index (χ3v) is 20.4. The van der Waals surface area contributed by atoms with E-state index in [1.807, 2.05) is 12.2 Å². The summed E-state index contributed by atoms with van der Waals surface area (Å²) in [5.74, 6) is 0. The van der Waals surface area contributed by atoms with E-state index >= 15 is 0 Å². The SMILES string of the molecule is C=Cc1ccc(-c2ccc3c(c2)c2cc(-c4ccc(C=C)cc4)ccc2n3-c2ccc3c(c2)C(CCCCCC)(CCCCCC)c2cc(N(c4ccc(-c5ccccc5)cc4)c4ccc5c(c4)C(c4ccccc4)(c4ccccc4)c4ccccc4-5)ccc2-3)cc1. The number of fused-ring (bicyclic) bond motifs is 9. The van der Waals surface area contributed by atoms with Gasteiger partial charge in [-0.2, -0.15) is 0 Å². The molecule has 2 nitrogen and oxygen atoms in total. The summed E-state index contributed by atoms with van der Waals surface area (Å²) in [5, 5.41) is 2.48. The maximum Gasteiger partial charge on any atom is 0.0714 e. The maximum absolute atomic E-state index is 4.04. The molecule has 0 bridgehead atoms. The van der Waals surface area contributed by atoms with E-state index in [9.17, 15) is 0 Å². The normalized spacial score (nSPS) is 13.2. The molecule has 12 aromatic carbocycles. The summed E-state index contributed by atoms with van der Waals surface area (Å²) in [6.07, 6.45) is 15.6. The van der Waals surface area contributed by atoms with Gasteiger partial charge in [0.2, 0.25) is 0 Å². The van der Waals surface area contributed by atoms with Gasteiger partial charge in [-0.05, 0) is 186 Å². The molecule has 0 N–H and O–H groups in total. The van der Waals surface area contributed by atoms with Crippen molar-refractivity contribution in [2.24, 2.45) is 0 Å². The number of aromatic nitrogens is 1. The summed E-state index contributed by atoms with van der Waals surface area (Å²) in [7, 11) is 0. The number of anilines is 3. The predicted octanol–water partition coefficient (Wildman–Crippen LogP) is 25.1. The zero-order valence-electron chi connectivity index (χ0n) is 53.1. The highest BCUT2D eigenvalue weighted by Crippen LogP contribution is 2.59. The molecule has 0 atom stereocenters. The van der Waals surface area contributed by atoms with Crippen LogP contribution in [0.4, 0.5) is 17.1 Å². The molecule has 1 aromatic heterocycles. The molecule has 0 amide bonds. The third-order valence-electron chi connectivity index (χ3n) is 20.4. The van der Waals surface area contributed by atoms with Crippen LogP contribution < -0.4 is 4.90 Å². The first-order valence-electron chi connectivity index (χ1n) is 33.6. The lowest BCUT2D eigenvalue weighted by Gasteiger charge is -2.35. The molecule has 1 heterocycles. The van der Waals surface area contributed by atoms with Crippen LogP contribution in [0, 0.1) is 0 Å². The van der Waals surface area contributed by atoms with Crippen LogP contribution in [0.15, 0.2) is 292 Å². The van der Waals surface area contributed by atoms with Gasteiger partial charge < -0.3 is 9.47 Å². The van der Waals surface area contributed by atoms with Crippen molar-refractivity contribution in [1.29, 1.82) is 0 Å². The van der Waals surface area contributed by atoms with E-state index in [4.69, 9.17) is 0 Å². The summed E-state index contributed by atoms with van der Waals surface area (Å²) in [6.45, 7) is 12.8. The van der Waals surface area contributed by atoms with Gasteiger partial charge in [-0.3, -0.25) is 0 Å². The minimum absolute atomic E-state index is 0.231. The molecule has 2 heteroatoms. The van der Waals surface area contributed by atoms with Crippen LogP contribution in [0.2, 0.25) is 0 Å². The van der Waals surface area contributed by atoms with Gasteiger partial charge in [-0.1, -0.05) is 297 Å². The van der Waals surface area contributed by atoms with Crippen molar-refractivity contribution in [2.75, 3.05) is 4.90 Å². The summed E-state index contributed by atoms with van der Waals surface area (Å²) in [6, 6.07) is 106. The zero-order chi connectivity index (χ0) is 62.2. The van der Waals surface area contributed by atoms with Gasteiger partial charge in [-0.15, -0.1) is 0 Å². The molecule has 0 saturated heterocycles. The van der Waals surface area contributed by atoms with Crippen molar-refractivity contribution in [2.45, 2.75) is 88.9 Å². The van der Waals surface area contributed by atoms with Gasteiger partial charge in [0.15, 0.2) is 0 Å². The Bertz CT molecular complexity index is 4680. The van der Waals surface area contributed by atoms with Crippen LogP contribution in [0.1, 0.15) is 123 Å². The van der Waals surface area contributed by atoms with E-state index < -0.39 is 5.41 Å². The van der Waals surface area contributed by atoms with E-state index in [2.05, 4.69) is 316 Å². The Kier molecular flexibility index (Phi) is 15.7. The first-order valence-corrected chi connectivity index (χ1v) is 33.6. The average molecular weight is 1190 g/mol. The standard InChI is InChI=1S/C90H78N2/c1-5-9-11-24-56-89(57-25-12-10-6-2)84-60-74(91(73-46-42-66(43-47-73)65-26-16-13-17-27-65)75-49-53-80-77-32-22-23-33-83(77)90(86(80)62-75,71-28-18-14-19-29-71)72-30-20-15-21-31-72)48-51-78(84)79-52-50-76(61-85(79)89)92-87-54-44-69(67-38-34-63(7-3)35-39-67)58-81(87)82-59-70(45-55-88(82)92)68-40-36-64(8-4)37-41-68/h7-8,13-23,26-55,58-62H,3-6,9-12,24-25,56-57H2,1-2H3. The highest BCUT2D eigenvalue weighted by molar-refractivity contribution is 6.12. The second kappa shape index (κ2) is 24.8. The minimum Gasteiger partial charge on any atom is -0.310 e. The Morgan fingerprint density at radius 3 is 1.28 bits per heavy atom. The van der Waals surface area contributed by atoms with Crippen molar-refractivity contribution in [3.8, 4) is 61.3 Å². The first-order chi connectivity index (χ1) is 45.4. The number of benzene rings is 12. The molecule has 448 valence electrons. The van der Waals surface area contributed by atoms with Crippen LogP contribution in [-0.4, -0.2) is 4.57 Å². The van der Waals surface area contributed by atoms with Gasteiger partial charge >= 0.3 is 0 Å². The molecule has 0 unspecified atom stereocenters. The Morgan fingerprint density at radius 2 is 0.750 bits per heavy atom. The number of unbranched alkanes of at least 4 members (excludes halogenated alkanes) is 6. The van der Waals surface area contributed by atoms with Crippen molar-refractivity contribution < 1.29 is 0 Å². The molecular formula is C90H78N2. The van der Waals surface area contributed by atoms with Crippen molar-refractivity contribution in [3.63, 3.8) is 0 Å². The fourth-order valence-corrected chi connectivity index (χ4v) is 15.9. The van der Waals surface area contributed by atoms with Gasteiger partial charge in [0, 0.05) is 38.9 Å². The molecule has 2 aliphatic carbocycles. The lowest BCUT2D eigenvalue weighted by Crippen LogP contribution is -2.28. The second-order valence-electron chi connectivity index (χ2n) is 25.6. The number of nitrogens with zero attached hydrogens (tertiary/aromatic N) is 2. The van der Waals surface area contributed by atoms with Crippen LogP contribution >= 0.6 is 0 Å². The number of rotatable bonds is 21. The highest BCUT2D eigenvalue weighted by Gasteiger charge is 2.47. The predicted molar refractivity (Wildman–Crippen MR) is 393 cm³/mol. The molecule has 13 aromatic rings. The van der Waals surface area contributed by atoms with Crippen LogP contribution in [0.3, 0.4) is 0 Å². The fourth-order valence-electron chi connectivity index (χ4n) is 15.9. The molecule has 2 aliphatic rings. The van der Waals surface area contributed by atoms with Gasteiger partial charge in [0.1, 0.15) is 0 Å². The summed E-state index contributed by atoms with van der Waals surface area (Å²) >= 11 is 0. The number of hydrogen-bond acceptors (Lipinski definition) is 1. The van der Waals surface area contributed by atoms with E-state index in [0.29, 0.717) is 0 Å². The molecule has 0 saturated carbocycles. The van der Waals surface area contributed by atoms with Gasteiger partial charge in [0.05, 0.1) is 16.4 Å². The van der Waals surface area contributed by atoms with Crippen molar-refractivity contribution >= 4 is 51.0 Å². The smallest absolute Gasteiger partial charge is 0.0714 e. The fraction of sp³-hybridized carbons (Fsp3) is 0.156. The van der Waals surface area contributed by atoms with E-state index in [0.717, 1.165) is 48.2 Å². The Hall–Kier alpha value is -10.3.